The van der Waals surface area contributed by atoms with Gasteiger partial charge in [-0.1, -0.05) is 0 Å². The van der Waals surface area contributed by atoms with E-state index < -0.39 is 11.9 Å². The molecule has 1 aromatic carbocycles. The Morgan fingerprint density at radius 2 is 2.05 bits per heavy atom. The van der Waals surface area contributed by atoms with Crippen LogP contribution in [0.25, 0.3) is 0 Å². The van der Waals surface area contributed by atoms with Gasteiger partial charge in [0.2, 0.25) is 5.11 Å². The lowest BCUT2D eigenvalue weighted by molar-refractivity contribution is -0.135. The zero-order valence-corrected chi connectivity index (χ0v) is 12.7. The van der Waals surface area contributed by atoms with Gasteiger partial charge in [-0.3, -0.25) is 4.79 Å². The highest BCUT2D eigenvalue weighted by Crippen LogP contribution is 2.14. The Morgan fingerprint density at radius 1 is 1.41 bits per heavy atom. The van der Waals surface area contributed by atoms with Gasteiger partial charge in [-0.25, -0.2) is 4.79 Å². The molecule has 22 heavy (non-hydrogen) atoms. The van der Waals surface area contributed by atoms with E-state index in [4.69, 9.17) is 12.2 Å². The topological polar surface area (TPSA) is 91.2 Å². The maximum absolute atomic E-state index is 12.1. The lowest BCUT2D eigenvalue weighted by Crippen LogP contribution is -2.26. The van der Waals surface area contributed by atoms with E-state index >= 15 is 0 Å². The fourth-order valence-electron chi connectivity index (χ4n) is 1.70. The lowest BCUT2D eigenvalue weighted by Gasteiger charge is -2.09. The van der Waals surface area contributed by atoms with Crippen LogP contribution in [-0.4, -0.2) is 39.9 Å². The van der Waals surface area contributed by atoms with Crippen molar-refractivity contribution < 1.29 is 19.4 Å². The molecule has 0 bridgehead atoms. The van der Waals surface area contributed by atoms with Crippen LogP contribution in [0.3, 0.4) is 0 Å². The normalized spacial score (nSPS) is 16.9. The maximum Gasteiger partial charge on any atom is 0.332 e. The van der Waals surface area contributed by atoms with Gasteiger partial charge in [0.15, 0.2) is 0 Å². The average molecular weight is 319 g/mol. The van der Waals surface area contributed by atoms with Gasteiger partial charge in [0.05, 0.1) is 18.9 Å². The molecule has 0 atom stereocenters. The number of ether oxygens (including phenoxy) is 1. The van der Waals surface area contributed by atoms with Crippen LogP contribution in [0.15, 0.2) is 41.1 Å². The Labute approximate surface area is 131 Å². The molecule has 1 aliphatic heterocycles. The zero-order chi connectivity index (χ0) is 16.3. The molecule has 1 aromatic rings. The van der Waals surface area contributed by atoms with E-state index in [-0.39, 0.29) is 16.6 Å². The molecule has 2 rings (SSSR count). The smallest absolute Gasteiger partial charge is 0.332 e. The van der Waals surface area contributed by atoms with Gasteiger partial charge in [-0.15, -0.1) is 0 Å². The van der Waals surface area contributed by atoms with Crippen LogP contribution in [0.5, 0.6) is 5.75 Å². The van der Waals surface area contributed by atoms with Crippen LogP contribution < -0.4 is 5.32 Å². The number of rotatable bonds is 3. The first kappa shape index (κ1) is 15.6. The molecule has 1 aliphatic rings. The molecule has 2 N–H and O–H groups in total. The second-order valence-corrected chi connectivity index (χ2v) is 4.75. The number of phenols is 1. The summed E-state index contributed by atoms with van der Waals surface area (Å²) >= 11 is 5.03. The number of esters is 1. The summed E-state index contributed by atoms with van der Waals surface area (Å²) in [6.45, 7) is 1.70. The number of nitrogens with zero attached hydrogens (tertiary/aromatic N) is 2. The van der Waals surface area contributed by atoms with E-state index in [9.17, 15) is 14.7 Å². The maximum atomic E-state index is 12.1. The average Bonchev–Trinajstić information content (AvgIpc) is 2.75. The fraction of sp³-hybridized carbons (Fsp3) is 0.143. The lowest BCUT2D eigenvalue weighted by atomic mass is 10.1. The van der Waals surface area contributed by atoms with Gasteiger partial charge in [0.25, 0.3) is 5.91 Å². The van der Waals surface area contributed by atoms with Crippen LogP contribution in [0, 0.1) is 0 Å². The molecule has 114 valence electrons. The Bertz CT molecular complexity index is 695. The Hall–Kier alpha value is -2.74. The largest absolute Gasteiger partial charge is 0.508 e. The van der Waals surface area contributed by atoms with Crippen LogP contribution in [0.2, 0.25) is 0 Å². The minimum absolute atomic E-state index is 0.000828. The van der Waals surface area contributed by atoms with Crippen LogP contribution in [0.4, 0.5) is 0 Å². The second-order valence-electron chi connectivity index (χ2n) is 4.36. The molecule has 0 aliphatic carbocycles. The molecule has 1 amide bonds. The van der Waals surface area contributed by atoms with Gasteiger partial charge in [-0.2, -0.15) is 10.1 Å². The third-order valence-corrected chi connectivity index (χ3v) is 3.13. The number of hydrogen-bond donors (Lipinski definition) is 2. The van der Waals surface area contributed by atoms with Crippen molar-refractivity contribution >= 4 is 34.9 Å². The Kier molecular flexibility index (Phi) is 4.52. The van der Waals surface area contributed by atoms with Crippen molar-refractivity contribution in [1.82, 2.24) is 10.3 Å². The van der Waals surface area contributed by atoms with Gasteiger partial charge in [0, 0.05) is 0 Å². The predicted octanol–water partition coefficient (Wildman–Crippen LogP) is 0.890. The van der Waals surface area contributed by atoms with E-state index in [0.29, 0.717) is 5.71 Å². The van der Waals surface area contributed by atoms with Crippen molar-refractivity contribution in [3.05, 3.63) is 41.6 Å². The molecule has 1 fully saturated rings. The van der Waals surface area contributed by atoms with Gasteiger partial charge in [0.1, 0.15) is 11.4 Å². The molecular weight excluding hydrogens is 306 g/mol. The molecule has 7 nitrogen and oxygen atoms in total. The van der Waals surface area contributed by atoms with E-state index in [2.05, 4.69) is 15.2 Å². The summed E-state index contributed by atoms with van der Waals surface area (Å²) in [6, 6.07) is 6.35. The summed E-state index contributed by atoms with van der Waals surface area (Å²) in [7, 11) is 1.21. The minimum Gasteiger partial charge on any atom is -0.508 e. The molecular formula is C14H13N3O4S. The molecule has 0 saturated carbocycles. The first-order chi connectivity index (χ1) is 10.4. The summed E-state index contributed by atoms with van der Waals surface area (Å²) in [6.07, 6.45) is 1.01. The van der Waals surface area contributed by atoms with Gasteiger partial charge in [-0.05, 0) is 49.0 Å². The fourth-order valence-corrected chi connectivity index (χ4v) is 1.94. The molecule has 0 unspecified atom stereocenters. The van der Waals surface area contributed by atoms with Crippen molar-refractivity contribution in [1.29, 1.82) is 0 Å². The quantitative estimate of drug-likeness (QED) is 0.372. The number of carbonyl (C=O) groups excluding carboxylic acids is 2. The molecule has 0 radical (unpaired) electrons. The number of hydrazone groups is 1. The number of hydrogen-bond acceptors (Lipinski definition) is 6. The van der Waals surface area contributed by atoms with Crippen molar-refractivity contribution in [2.45, 2.75) is 6.92 Å². The highest BCUT2D eigenvalue weighted by atomic mass is 32.1. The van der Waals surface area contributed by atoms with Crippen molar-refractivity contribution in [3.8, 4) is 5.75 Å². The summed E-state index contributed by atoms with van der Waals surface area (Å²) in [5.74, 6) is -1.08. The predicted molar refractivity (Wildman–Crippen MR) is 83.0 cm³/mol. The van der Waals surface area contributed by atoms with Crippen LogP contribution >= 0.6 is 12.2 Å². The zero-order valence-electron chi connectivity index (χ0n) is 11.9. The summed E-state index contributed by atoms with van der Waals surface area (Å²) in [5.41, 5.74) is 1.25. The molecule has 1 heterocycles. The number of benzene rings is 1. The van der Waals surface area contributed by atoms with E-state index in [1.165, 1.54) is 19.2 Å². The molecule has 1 saturated heterocycles. The van der Waals surface area contributed by atoms with E-state index in [0.717, 1.165) is 16.6 Å². The first-order valence-corrected chi connectivity index (χ1v) is 6.63. The number of carbonyl (C=O) groups is 2. The summed E-state index contributed by atoms with van der Waals surface area (Å²) in [5, 5.41) is 17.1. The first-order valence-electron chi connectivity index (χ1n) is 6.22. The number of methoxy groups -OCH3 is 1. The third kappa shape index (κ3) is 3.29. The summed E-state index contributed by atoms with van der Waals surface area (Å²) < 4.78 is 4.46. The van der Waals surface area contributed by atoms with Crippen molar-refractivity contribution in [2.75, 3.05) is 7.11 Å². The number of amides is 1. The van der Waals surface area contributed by atoms with E-state index in [1.54, 1.807) is 19.1 Å². The number of nitrogens with one attached hydrogen (secondary N) is 1. The van der Waals surface area contributed by atoms with Gasteiger partial charge < -0.3 is 15.2 Å². The summed E-state index contributed by atoms with van der Waals surface area (Å²) in [4.78, 5) is 23.3. The monoisotopic (exact) mass is 319 g/mol. The van der Waals surface area contributed by atoms with E-state index in [1.807, 2.05) is 0 Å². The molecule has 8 heteroatoms. The highest BCUT2D eigenvalue weighted by molar-refractivity contribution is 7.80. The Balaban J connectivity index is 2.25. The number of phenolic OH excluding ortho intramolecular Hbond substituents is 1. The van der Waals surface area contributed by atoms with Crippen LogP contribution in [0.1, 0.15) is 12.5 Å². The third-order valence-electron chi connectivity index (χ3n) is 2.86. The standard InChI is InChI=1S/C14H13N3O4S/c1-8(9-3-5-10(18)6-4-9)16-17-13(20)11(15-14(17)22)7-12(19)21-2/h3-7,18H,1-2H3,(H,15,22)/b11-7-,16-8-. The minimum atomic E-state index is -0.667. The molecule has 0 aromatic heterocycles. The van der Waals surface area contributed by atoms with Crippen LogP contribution in [-0.2, 0) is 14.3 Å². The van der Waals surface area contributed by atoms with Crippen molar-refractivity contribution in [2.24, 2.45) is 5.10 Å². The second kappa shape index (κ2) is 6.35. The van der Waals surface area contributed by atoms with Crippen molar-refractivity contribution in [3.63, 3.8) is 0 Å². The number of aromatic hydroxyl groups is 1. The number of thiocarbonyl (C=S) groups is 1. The highest BCUT2D eigenvalue weighted by Gasteiger charge is 2.31. The molecule has 0 spiro atoms. The SMILES string of the molecule is COC(=O)/C=C1\NC(=S)N(/N=C(/C)c2ccc(O)cc2)C1=O. The van der Waals surface area contributed by atoms with Gasteiger partial charge >= 0.3 is 5.97 Å². The Morgan fingerprint density at radius 3 is 2.64 bits per heavy atom.